The average molecular weight is 559 g/mol. The number of benzene rings is 1. The molecule has 0 radical (unpaired) electrons. The Hall–Kier alpha value is -3.75. The van der Waals surface area contributed by atoms with Crippen LogP contribution >= 0.6 is 11.6 Å². The van der Waals surface area contributed by atoms with E-state index in [0.717, 1.165) is 0 Å². The first-order valence-corrected chi connectivity index (χ1v) is 12.7. The second kappa shape index (κ2) is 11.6. The number of nitrogens with zero attached hydrogens (tertiary/aromatic N) is 4. The van der Waals surface area contributed by atoms with E-state index < -0.39 is 31.4 Å². The molecule has 2 aromatic heterocycles. The standard InChI is InChI=1S/C27H30ClF3N8/c1-15-19(5-6-23(31)35-15)26(22-13-39(38-37-22)18(9-29)10-30)36-17-7-20-24(34-14-27(2,3)4)16(11-32)12-33-25(20)21(28)8-17/h5-8,12-13,18,26,36-38H,9-10,14H2,1-4H3,(H,33,34)/t26-/m0/s1. The first-order chi connectivity index (χ1) is 18.5. The third-order valence-corrected chi connectivity index (χ3v) is 6.51. The molecule has 0 aliphatic carbocycles. The van der Waals surface area contributed by atoms with Crippen LogP contribution in [0.3, 0.4) is 0 Å². The molecule has 1 aromatic carbocycles. The molecule has 0 fully saturated rings. The van der Waals surface area contributed by atoms with E-state index in [2.05, 4.69) is 58.4 Å². The van der Waals surface area contributed by atoms with E-state index in [0.29, 0.717) is 56.4 Å². The van der Waals surface area contributed by atoms with Crippen LogP contribution in [0.25, 0.3) is 10.9 Å². The fourth-order valence-electron chi connectivity index (χ4n) is 4.18. The van der Waals surface area contributed by atoms with Crippen LogP contribution in [0.4, 0.5) is 24.5 Å². The molecule has 4 N–H and O–H groups in total. The van der Waals surface area contributed by atoms with Gasteiger partial charge in [0.25, 0.3) is 0 Å². The molecule has 0 amide bonds. The van der Waals surface area contributed by atoms with Crippen molar-refractivity contribution in [2.45, 2.75) is 39.8 Å². The minimum absolute atomic E-state index is 0.0588. The summed E-state index contributed by atoms with van der Waals surface area (Å²) < 4.78 is 40.6. The Bertz CT molecular complexity index is 1430. The van der Waals surface area contributed by atoms with Gasteiger partial charge in [0.1, 0.15) is 25.5 Å². The fourth-order valence-corrected chi connectivity index (χ4v) is 4.45. The number of fused-ring (bicyclic) bond motifs is 1. The van der Waals surface area contributed by atoms with Crippen molar-refractivity contribution in [2.75, 3.05) is 30.5 Å². The number of nitrogens with one attached hydrogen (secondary N) is 4. The molecule has 0 saturated heterocycles. The van der Waals surface area contributed by atoms with E-state index in [-0.39, 0.29) is 5.41 Å². The average Bonchev–Trinajstić information content (AvgIpc) is 3.36. The predicted octanol–water partition coefficient (Wildman–Crippen LogP) is 5.69. The molecule has 0 saturated carbocycles. The molecule has 1 aliphatic rings. The van der Waals surface area contributed by atoms with Gasteiger partial charge in [-0.15, -0.1) is 5.53 Å². The Morgan fingerprint density at radius 1 is 1.21 bits per heavy atom. The lowest BCUT2D eigenvalue weighted by Crippen LogP contribution is -2.45. The monoisotopic (exact) mass is 558 g/mol. The third kappa shape index (κ3) is 6.29. The van der Waals surface area contributed by atoms with Crippen molar-refractivity contribution >= 4 is 33.9 Å². The van der Waals surface area contributed by atoms with Crippen molar-refractivity contribution in [3.63, 3.8) is 0 Å². The largest absolute Gasteiger partial charge is 0.383 e. The lowest BCUT2D eigenvalue weighted by atomic mass is 9.96. The number of hydrogen-bond donors (Lipinski definition) is 4. The highest BCUT2D eigenvalue weighted by Gasteiger charge is 2.28. The summed E-state index contributed by atoms with van der Waals surface area (Å²) in [6, 6.07) is 6.89. The zero-order chi connectivity index (χ0) is 28.3. The first-order valence-electron chi connectivity index (χ1n) is 12.3. The number of rotatable bonds is 9. The summed E-state index contributed by atoms with van der Waals surface area (Å²) in [5, 5.41) is 18.8. The summed E-state index contributed by atoms with van der Waals surface area (Å²) in [4.78, 5) is 8.35. The van der Waals surface area contributed by atoms with Gasteiger partial charge in [0.05, 0.1) is 33.5 Å². The van der Waals surface area contributed by atoms with Gasteiger partial charge in [0.15, 0.2) is 0 Å². The minimum Gasteiger partial charge on any atom is -0.383 e. The number of aryl methyl sites for hydroxylation is 1. The molecule has 0 unspecified atom stereocenters. The number of hydrazine groups is 2. The minimum atomic E-state index is -1.02. The highest BCUT2D eigenvalue weighted by molar-refractivity contribution is 6.35. The van der Waals surface area contributed by atoms with E-state index in [4.69, 9.17) is 11.6 Å². The van der Waals surface area contributed by atoms with Crippen LogP contribution in [0, 0.1) is 29.6 Å². The SMILES string of the molecule is Cc1nc(F)ccc1[C@H](Nc1cc(Cl)c2ncc(C#N)c(NCC(C)(C)C)c2c1)C1=CN(C(CF)CF)NN1. The molecule has 39 heavy (non-hydrogen) atoms. The number of nitriles is 1. The second-order valence-electron chi connectivity index (χ2n) is 10.5. The third-order valence-electron chi connectivity index (χ3n) is 6.22. The van der Waals surface area contributed by atoms with Crippen molar-refractivity contribution in [2.24, 2.45) is 5.41 Å². The van der Waals surface area contributed by atoms with Crippen molar-refractivity contribution in [1.29, 1.82) is 5.26 Å². The van der Waals surface area contributed by atoms with Gasteiger partial charge in [-0.05, 0) is 30.5 Å². The van der Waals surface area contributed by atoms with Crippen LogP contribution < -0.4 is 21.6 Å². The molecule has 206 valence electrons. The summed E-state index contributed by atoms with van der Waals surface area (Å²) in [5.41, 5.74) is 9.31. The second-order valence-corrected chi connectivity index (χ2v) is 10.9. The summed E-state index contributed by atoms with van der Waals surface area (Å²) in [6.07, 6.45) is 3.04. The van der Waals surface area contributed by atoms with Gasteiger partial charge in [0.2, 0.25) is 5.95 Å². The molecule has 0 spiro atoms. The molecular weight excluding hydrogens is 529 g/mol. The van der Waals surface area contributed by atoms with Crippen LogP contribution in [-0.2, 0) is 0 Å². The molecule has 1 aliphatic heterocycles. The van der Waals surface area contributed by atoms with E-state index in [1.54, 1.807) is 25.3 Å². The summed E-state index contributed by atoms with van der Waals surface area (Å²) >= 11 is 6.65. The van der Waals surface area contributed by atoms with Crippen molar-refractivity contribution in [3.05, 3.63) is 70.2 Å². The highest BCUT2D eigenvalue weighted by Crippen LogP contribution is 2.36. The Morgan fingerprint density at radius 3 is 2.59 bits per heavy atom. The first kappa shape index (κ1) is 28.3. The molecule has 1 atom stereocenters. The Kier molecular flexibility index (Phi) is 8.37. The molecule has 8 nitrogen and oxygen atoms in total. The van der Waals surface area contributed by atoms with Crippen LogP contribution in [-0.4, -0.2) is 40.9 Å². The zero-order valence-electron chi connectivity index (χ0n) is 22.0. The maximum atomic E-state index is 13.9. The van der Waals surface area contributed by atoms with E-state index in [1.165, 1.54) is 17.3 Å². The molecule has 3 heterocycles. The Balaban J connectivity index is 1.80. The molecular formula is C27H30ClF3N8. The number of alkyl halides is 2. The number of pyridine rings is 2. The topological polar surface area (TPSA) is 101 Å². The summed E-state index contributed by atoms with van der Waals surface area (Å²) in [7, 11) is 0. The lowest BCUT2D eigenvalue weighted by Gasteiger charge is -2.24. The normalized spacial score (nSPS) is 14.3. The smallest absolute Gasteiger partial charge is 0.213 e. The van der Waals surface area contributed by atoms with Crippen LogP contribution in [0.1, 0.15) is 43.6 Å². The molecule has 0 bridgehead atoms. The van der Waals surface area contributed by atoms with Gasteiger partial charge in [-0.3, -0.25) is 9.99 Å². The van der Waals surface area contributed by atoms with E-state index >= 15 is 0 Å². The van der Waals surface area contributed by atoms with Gasteiger partial charge >= 0.3 is 0 Å². The van der Waals surface area contributed by atoms with Crippen LogP contribution in [0.2, 0.25) is 5.02 Å². The van der Waals surface area contributed by atoms with Gasteiger partial charge in [-0.2, -0.15) is 9.65 Å². The molecule has 12 heteroatoms. The predicted molar refractivity (Wildman–Crippen MR) is 147 cm³/mol. The number of aromatic nitrogens is 2. The lowest BCUT2D eigenvalue weighted by molar-refractivity contribution is 0.139. The Morgan fingerprint density at radius 2 is 1.95 bits per heavy atom. The quantitative estimate of drug-likeness (QED) is 0.249. The fraction of sp³-hybridized carbons (Fsp3) is 0.370. The molecule has 3 aromatic rings. The molecule has 4 rings (SSSR count). The van der Waals surface area contributed by atoms with Crippen molar-refractivity contribution < 1.29 is 13.2 Å². The number of halogens is 4. The maximum Gasteiger partial charge on any atom is 0.213 e. The summed E-state index contributed by atoms with van der Waals surface area (Å²) in [5.74, 6) is -0.628. The van der Waals surface area contributed by atoms with Gasteiger partial charge in [-0.25, -0.2) is 13.8 Å². The summed E-state index contributed by atoms with van der Waals surface area (Å²) in [6.45, 7) is 6.71. The van der Waals surface area contributed by atoms with Gasteiger partial charge in [0, 0.05) is 41.3 Å². The Labute approximate surface area is 230 Å². The highest BCUT2D eigenvalue weighted by atomic mass is 35.5. The number of anilines is 2. The number of hydrogen-bond acceptors (Lipinski definition) is 8. The van der Waals surface area contributed by atoms with Crippen LogP contribution in [0.15, 0.2) is 42.4 Å². The van der Waals surface area contributed by atoms with Crippen molar-refractivity contribution in [1.82, 2.24) is 25.9 Å². The maximum absolute atomic E-state index is 13.9. The van der Waals surface area contributed by atoms with Gasteiger partial charge < -0.3 is 16.1 Å². The van der Waals surface area contributed by atoms with Crippen LogP contribution in [0.5, 0.6) is 0 Å². The van der Waals surface area contributed by atoms with Crippen molar-refractivity contribution in [3.8, 4) is 6.07 Å². The van der Waals surface area contributed by atoms with E-state index in [1.807, 2.05) is 6.07 Å². The zero-order valence-corrected chi connectivity index (χ0v) is 22.8. The van der Waals surface area contributed by atoms with Gasteiger partial charge in [-0.1, -0.05) is 38.4 Å². The van der Waals surface area contributed by atoms with E-state index in [9.17, 15) is 18.4 Å².